The van der Waals surface area contributed by atoms with Crippen LogP contribution in [0, 0.1) is 23.7 Å². The molecule has 4 saturated carbocycles. The molecule has 4 aliphatic rings. The molecule has 0 radical (unpaired) electrons. The highest BCUT2D eigenvalue weighted by Gasteiger charge is 2.49. The molecule has 4 fully saturated rings. The maximum Gasteiger partial charge on any atom is 0.110 e. The number of nitrogen functional groups attached to an aromatic ring is 1. The Morgan fingerprint density at radius 2 is 1.72 bits per heavy atom. The van der Waals surface area contributed by atoms with Crippen LogP contribution < -0.4 is 5.73 Å². The smallest absolute Gasteiger partial charge is 0.110 e. The zero-order valence-corrected chi connectivity index (χ0v) is 11.9. The molecule has 4 bridgehead atoms. The van der Waals surface area contributed by atoms with E-state index < -0.39 is 0 Å². The summed E-state index contributed by atoms with van der Waals surface area (Å²) < 4.78 is 0. The van der Waals surface area contributed by atoms with Crippen LogP contribution in [0.3, 0.4) is 0 Å². The van der Waals surface area contributed by atoms with Crippen LogP contribution in [0.2, 0.25) is 0 Å². The Hall–Kier alpha value is -0.570. The molecule has 0 amide bonds. The molecule has 18 heavy (non-hydrogen) atoms. The molecule has 2 nitrogen and oxygen atoms in total. The maximum atomic E-state index is 6.25. The molecule has 2 N–H and O–H groups in total. The van der Waals surface area contributed by atoms with Crippen molar-refractivity contribution in [3.05, 3.63) is 10.7 Å². The molecular formula is C15H22N2S. The molecule has 1 aromatic rings. The molecule has 0 saturated heterocycles. The van der Waals surface area contributed by atoms with Crippen molar-refractivity contribution < 1.29 is 0 Å². The molecule has 98 valence electrons. The molecule has 4 aliphatic carbocycles. The van der Waals surface area contributed by atoms with Crippen molar-refractivity contribution in [2.75, 3.05) is 5.73 Å². The van der Waals surface area contributed by atoms with Crippen molar-refractivity contribution in [2.24, 2.45) is 23.7 Å². The monoisotopic (exact) mass is 262 g/mol. The van der Waals surface area contributed by atoms with Gasteiger partial charge < -0.3 is 5.73 Å². The fourth-order valence-corrected chi connectivity index (χ4v) is 5.98. The van der Waals surface area contributed by atoms with Crippen LogP contribution in [0.5, 0.6) is 0 Å². The zero-order chi connectivity index (χ0) is 12.3. The number of hydrogen-bond donors (Lipinski definition) is 1. The zero-order valence-electron chi connectivity index (χ0n) is 11.1. The molecule has 0 atom stereocenters. The topological polar surface area (TPSA) is 38.9 Å². The normalized spacial score (nSPS) is 41.5. The van der Waals surface area contributed by atoms with Crippen LogP contribution in [0.1, 0.15) is 55.6 Å². The lowest BCUT2D eigenvalue weighted by molar-refractivity contribution is -0.00377. The highest BCUT2D eigenvalue weighted by molar-refractivity contribution is 7.15. The number of nitrogens with zero attached hydrogens (tertiary/aromatic N) is 1. The first kappa shape index (κ1) is 11.3. The Balaban J connectivity index is 1.69. The standard InChI is InChI=1S/C15H22N2S/c1-2-12-17-14(15(16)18-12)13-10-4-8-3-9(6-10)7-11(13)5-8/h8-11,13H,2-7,16H2,1H3. The summed E-state index contributed by atoms with van der Waals surface area (Å²) in [6, 6.07) is 0. The minimum atomic E-state index is 0.703. The summed E-state index contributed by atoms with van der Waals surface area (Å²) in [5.41, 5.74) is 7.54. The molecule has 1 heterocycles. The van der Waals surface area contributed by atoms with Gasteiger partial charge in [0.05, 0.1) is 10.7 Å². The summed E-state index contributed by atoms with van der Waals surface area (Å²) >= 11 is 1.73. The Kier molecular flexibility index (Phi) is 2.48. The van der Waals surface area contributed by atoms with Gasteiger partial charge in [0.2, 0.25) is 0 Å². The van der Waals surface area contributed by atoms with Gasteiger partial charge in [0, 0.05) is 5.92 Å². The van der Waals surface area contributed by atoms with E-state index in [9.17, 15) is 0 Å². The average Bonchev–Trinajstić information content (AvgIpc) is 2.69. The summed E-state index contributed by atoms with van der Waals surface area (Å²) in [6.45, 7) is 2.18. The van der Waals surface area contributed by atoms with Crippen LogP contribution >= 0.6 is 11.3 Å². The third kappa shape index (κ3) is 1.56. The second-order valence-electron chi connectivity index (χ2n) is 6.67. The van der Waals surface area contributed by atoms with Crippen LogP contribution in [-0.4, -0.2) is 4.98 Å². The van der Waals surface area contributed by atoms with Gasteiger partial charge >= 0.3 is 0 Å². The highest BCUT2D eigenvalue weighted by atomic mass is 32.1. The lowest BCUT2D eigenvalue weighted by atomic mass is 9.51. The summed E-state index contributed by atoms with van der Waals surface area (Å²) in [7, 11) is 0. The second-order valence-corrected chi connectivity index (χ2v) is 7.78. The van der Waals surface area contributed by atoms with Gasteiger partial charge in [-0.2, -0.15) is 0 Å². The third-order valence-electron chi connectivity index (χ3n) is 5.57. The van der Waals surface area contributed by atoms with E-state index in [-0.39, 0.29) is 0 Å². The second kappa shape index (κ2) is 3.96. The van der Waals surface area contributed by atoms with Gasteiger partial charge in [-0.05, 0) is 62.2 Å². The fourth-order valence-electron chi connectivity index (χ4n) is 5.15. The van der Waals surface area contributed by atoms with E-state index in [1.165, 1.54) is 42.8 Å². The number of hydrogen-bond acceptors (Lipinski definition) is 3. The van der Waals surface area contributed by atoms with Crippen molar-refractivity contribution in [2.45, 2.75) is 51.4 Å². The van der Waals surface area contributed by atoms with Crippen molar-refractivity contribution in [1.29, 1.82) is 0 Å². The summed E-state index contributed by atoms with van der Waals surface area (Å²) in [4.78, 5) is 4.87. The lowest BCUT2D eigenvalue weighted by Crippen LogP contribution is -2.44. The SMILES string of the molecule is CCc1nc(C2C3CC4CC(C3)CC2C4)c(N)s1. The van der Waals surface area contributed by atoms with E-state index in [0.29, 0.717) is 5.92 Å². The van der Waals surface area contributed by atoms with Gasteiger partial charge in [0.25, 0.3) is 0 Å². The Morgan fingerprint density at radius 3 is 2.22 bits per heavy atom. The van der Waals surface area contributed by atoms with Crippen LogP contribution in [0.15, 0.2) is 0 Å². The largest absolute Gasteiger partial charge is 0.389 e. The minimum Gasteiger partial charge on any atom is -0.389 e. The van der Waals surface area contributed by atoms with Crippen molar-refractivity contribution >= 4 is 16.3 Å². The molecule has 0 aromatic carbocycles. The average molecular weight is 262 g/mol. The molecule has 0 spiro atoms. The Bertz CT molecular complexity index is 437. The van der Waals surface area contributed by atoms with Gasteiger partial charge in [-0.3, -0.25) is 0 Å². The predicted octanol–water partition coefficient (Wildman–Crippen LogP) is 3.83. The molecule has 5 rings (SSSR count). The van der Waals surface area contributed by atoms with Gasteiger partial charge in [-0.1, -0.05) is 6.92 Å². The number of anilines is 1. The van der Waals surface area contributed by atoms with E-state index in [1.807, 2.05) is 0 Å². The number of thiazole rings is 1. The minimum absolute atomic E-state index is 0.703. The number of aromatic nitrogens is 1. The molecule has 0 unspecified atom stereocenters. The van der Waals surface area contributed by atoms with E-state index in [0.717, 1.165) is 35.1 Å². The van der Waals surface area contributed by atoms with Gasteiger partial charge in [-0.25, -0.2) is 4.98 Å². The number of nitrogens with two attached hydrogens (primary N) is 1. The van der Waals surface area contributed by atoms with E-state index in [1.54, 1.807) is 11.3 Å². The molecule has 1 aromatic heterocycles. The third-order valence-corrected chi connectivity index (χ3v) is 6.61. The van der Waals surface area contributed by atoms with Crippen molar-refractivity contribution in [1.82, 2.24) is 4.98 Å². The summed E-state index contributed by atoms with van der Waals surface area (Å²) in [5.74, 6) is 4.57. The quantitative estimate of drug-likeness (QED) is 0.879. The molecule has 0 aliphatic heterocycles. The van der Waals surface area contributed by atoms with Crippen LogP contribution in [0.4, 0.5) is 5.00 Å². The maximum absolute atomic E-state index is 6.25. The van der Waals surface area contributed by atoms with E-state index in [2.05, 4.69) is 6.92 Å². The summed E-state index contributed by atoms with van der Waals surface area (Å²) in [5, 5.41) is 2.25. The Labute approximate surface area is 113 Å². The lowest BCUT2D eigenvalue weighted by Gasteiger charge is -2.54. The van der Waals surface area contributed by atoms with Crippen LogP contribution in [-0.2, 0) is 6.42 Å². The number of rotatable bonds is 2. The summed E-state index contributed by atoms with van der Waals surface area (Å²) in [6.07, 6.45) is 8.37. The number of aryl methyl sites for hydroxylation is 1. The first-order valence-corrected chi connectivity index (χ1v) is 8.31. The fraction of sp³-hybridized carbons (Fsp3) is 0.800. The first-order valence-electron chi connectivity index (χ1n) is 7.49. The van der Waals surface area contributed by atoms with E-state index >= 15 is 0 Å². The first-order chi connectivity index (χ1) is 8.74. The van der Waals surface area contributed by atoms with Crippen LogP contribution in [0.25, 0.3) is 0 Å². The van der Waals surface area contributed by atoms with Crippen molar-refractivity contribution in [3.8, 4) is 0 Å². The van der Waals surface area contributed by atoms with Gasteiger partial charge in [-0.15, -0.1) is 11.3 Å². The van der Waals surface area contributed by atoms with Gasteiger partial charge in [0.15, 0.2) is 0 Å². The van der Waals surface area contributed by atoms with Gasteiger partial charge in [0.1, 0.15) is 5.00 Å². The molecule has 3 heteroatoms. The van der Waals surface area contributed by atoms with E-state index in [4.69, 9.17) is 10.7 Å². The predicted molar refractivity (Wildman–Crippen MR) is 75.7 cm³/mol. The van der Waals surface area contributed by atoms with Crippen molar-refractivity contribution in [3.63, 3.8) is 0 Å². The Morgan fingerprint density at radius 1 is 1.11 bits per heavy atom. The molecular weight excluding hydrogens is 240 g/mol. The highest BCUT2D eigenvalue weighted by Crippen LogP contribution is 2.60.